The van der Waals surface area contributed by atoms with Gasteiger partial charge in [0, 0.05) is 37.5 Å². The van der Waals surface area contributed by atoms with E-state index in [4.69, 9.17) is 20.4 Å². The molecule has 2 aromatic rings. The van der Waals surface area contributed by atoms with Crippen LogP contribution in [0.1, 0.15) is 6.42 Å². The number of hydrogen-bond donors (Lipinski definition) is 1. The van der Waals surface area contributed by atoms with Crippen LogP contribution >= 0.6 is 0 Å². The molecule has 0 amide bonds. The molecule has 4 fully saturated rings. The van der Waals surface area contributed by atoms with E-state index in [2.05, 4.69) is 19.5 Å². The standard InChI is InChI=1S/C19H20F2N6O2/c20-18(21)29-14-2-9(4-23-17(14)22)12-3-16(27-7-15-13(27)8-28-15)25-19(24-12)26-5-10-1-11(10)6-26/h2-4,10-11,13,15,18H,1,5-8H2,(H2,22,23)/t10?,11?,13-,15?/m1/s1. The lowest BCUT2D eigenvalue weighted by Gasteiger charge is -2.55. The molecule has 3 aliphatic heterocycles. The topological polar surface area (TPSA) is 89.6 Å². The van der Waals surface area contributed by atoms with Crippen LogP contribution in [0.25, 0.3) is 11.3 Å². The molecule has 0 spiro atoms. The summed E-state index contributed by atoms with van der Waals surface area (Å²) in [6.07, 6.45) is 3.09. The summed E-state index contributed by atoms with van der Waals surface area (Å²) < 4.78 is 35.4. The summed E-state index contributed by atoms with van der Waals surface area (Å²) >= 11 is 0. The predicted molar refractivity (Wildman–Crippen MR) is 101 cm³/mol. The molecule has 8 nitrogen and oxygen atoms in total. The zero-order chi connectivity index (χ0) is 19.7. The molecule has 1 saturated carbocycles. The number of rotatable bonds is 5. The Bertz CT molecular complexity index is 945. The maximum Gasteiger partial charge on any atom is 0.387 e. The first kappa shape index (κ1) is 17.1. The number of nitrogen functional groups attached to an aromatic ring is 1. The van der Waals surface area contributed by atoms with Gasteiger partial charge in [-0.3, -0.25) is 0 Å². The highest BCUT2D eigenvalue weighted by atomic mass is 19.3. The van der Waals surface area contributed by atoms with E-state index < -0.39 is 6.61 Å². The molecule has 0 bridgehead atoms. The van der Waals surface area contributed by atoms with Gasteiger partial charge >= 0.3 is 6.61 Å². The van der Waals surface area contributed by atoms with Gasteiger partial charge in [-0.25, -0.2) is 9.97 Å². The molecule has 1 aliphatic carbocycles. The smallest absolute Gasteiger partial charge is 0.387 e. The van der Waals surface area contributed by atoms with Crippen molar-refractivity contribution in [2.24, 2.45) is 11.8 Å². The van der Waals surface area contributed by atoms with Gasteiger partial charge in [0.05, 0.1) is 24.4 Å². The Kier molecular flexibility index (Phi) is 3.62. The van der Waals surface area contributed by atoms with Crippen molar-refractivity contribution in [3.05, 3.63) is 18.3 Å². The second kappa shape index (κ2) is 6.12. The fourth-order valence-corrected chi connectivity index (χ4v) is 4.44. The van der Waals surface area contributed by atoms with Gasteiger partial charge in [-0.1, -0.05) is 0 Å². The van der Waals surface area contributed by atoms with E-state index in [9.17, 15) is 8.78 Å². The van der Waals surface area contributed by atoms with Gasteiger partial charge in [0.1, 0.15) is 5.82 Å². The van der Waals surface area contributed by atoms with Crippen LogP contribution in [0.15, 0.2) is 18.3 Å². The second-order valence-corrected chi connectivity index (χ2v) is 8.15. The van der Waals surface area contributed by atoms with Gasteiger partial charge in [0.25, 0.3) is 0 Å². The van der Waals surface area contributed by atoms with Crippen LogP contribution in [0.3, 0.4) is 0 Å². The number of nitrogens with two attached hydrogens (primary N) is 1. The summed E-state index contributed by atoms with van der Waals surface area (Å²) in [6.45, 7) is 0.443. The van der Waals surface area contributed by atoms with Crippen molar-refractivity contribution in [1.29, 1.82) is 0 Å². The van der Waals surface area contributed by atoms with Crippen LogP contribution in [-0.2, 0) is 4.74 Å². The van der Waals surface area contributed by atoms with E-state index in [1.807, 2.05) is 6.07 Å². The summed E-state index contributed by atoms with van der Waals surface area (Å²) in [5.41, 5.74) is 6.86. The van der Waals surface area contributed by atoms with Crippen LogP contribution in [-0.4, -0.2) is 60.0 Å². The first-order chi connectivity index (χ1) is 14.0. The SMILES string of the molecule is Nc1ncc(-c2cc(N3CC4OC[C@H]43)nc(N3CC4CC4C3)n2)cc1OC(F)F. The zero-order valence-corrected chi connectivity index (χ0v) is 15.5. The molecule has 6 rings (SSSR count). The van der Waals surface area contributed by atoms with Gasteiger partial charge in [0.2, 0.25) is 5.95 Å². The molecule has 29 heavy (non-hydrogen) atoms. The first-order valence-corrected chi connectivity index (χ1v) is 9.78. The van der Waals surface area contributed by atoms with Crippen molar-refractivity contribution in [2.45, 2.75) is 25.2 Å². The third-order valence-corrected chi connectivity index (χ3v) is 6.34. The Balaban J connectivity index is 1.38. The Labute approximate surface area is 165 Å². The average molecular weight is 402 g/mol. The number of aromatic nitrogens is 3. The molecular formula is C19H20F2N6O2. The van der Waals surface area contributed by atoms with Gasteiger partial charge < -0.3 is 25.0 Å². The largest absolute Gasteiger partial charge is 0.431 e. The van der Waals surface area contributed by atoms with Gasteiger partial charge in [-0.2, -0.15) is 13.8 Å². The minimum Gasteiger partial charge on any atom is -0.431 e. The Morgan fingerprint density at radius 3 is 2.66 bits per heavy atom. The van der Waals surface area contributed by atoms with Crippen molar-refractivity contribution >= 4 is 17.6 Å². The molecule has 0 radical (unpaired) electrons. The minimum absolute atomic E-state index is 0.0830. The Morgan fingerprint density at radius 2 is 2.00 bits per heavy atom. The monoisotopic (exact) mass is 402 g/mol. The normalized spacial score (nSPS) is 29.2. The van der Waals surface area contributed by atoms with Crippen molar-refractivity contribution in [3.8, 4) is 17.0 Å². The predicted octanol–water partition coefficient (Wildman–Crippen LogP) is 1.77. The number of anilines is 3. The first-order valence-electron chi connectivity index (χ1n) is 9.78. The van der Waals surface area contributed by atoms with Gasteiger partial charge in [-0.15, -0.1) is 0 Å². The van der Waals surface area contributed by atoms with Crippen LogP contribution in [0.4, 0.5) is 26.4 Å². The molecule has 2 N–H and O–H groups in total. The Morgan fingerprint density at radius 1 is 1.17 bits per heavy atom. The highest BCUT2D eigenvalue weighted by Gasteiger charge is 2.49. The number of morpholine rings is 1. The molecule has 5 heterocycles. The summed E-state index contributed by atoms with van der Waals surface area (Å²) in [4.78, 5) is 18.0. The summed E-state index contributed by atoms with van der Waals surface area (Å²) in [5, 5.41) is 0. The highest BCUT2D eigenvalue weighted by molar-refractivity contribution is 5.69. The number of halogens is 2. The fraction of sp³-hybridized carbons (Fsp3) is 0.526. The van der Waals surface area contributed by atoms with E-state index in [0.29, 0.717) is 29.9 Å². The van der Waals surface area contributed by atoms with Gasteiger partial charge in [0.15, 0.2) is 11.6 Å². The number of piperidine rings is 1. The summed E-state index contributed by atoms with van der Waals surface area (Å²) in [7, 11) is 0. The van der Waals surface area contributed by atoms with Crippen LogP contribution < -0.4 is 20.3 Å². The van der Waals surface area contributed by atoms with Crippen LogP contribution in [0.5, 0.6) is 5.75 Å². The summed E-state index contributed by atoms with van der Waals surface area (Å²) in [5.74, 6) is 2.73. The lowest BCUT2D eigenvalue weighted by Crippen LogP contribution is -2.71. The van der Waals surface area contributed by atoms with Gasteiger partial charge in [-0.05, 0) is 24.3 Å². The molecule has 4 atom stereocenters. The molecule has 2 aromatic heterocycles. The highest BCUT2D eigenvalue weighted by Crippen LogP contribution is 2.46. The van der Waals surface area contributed by atoms with E-state index in [-0.39, 0.29) is 17.7 Å². The lowest BCUT2D eigenvalue weighted by atomic mass is 9.95. The number of ether oxygens (including phenoxy) is 2. The molecule has 4 aliphatic rings. The molecule has 10 heteroatoms. The van der Waals surface area contributed by atoms with E-state index >= 15 is 0 Å². The number of fused-ring (bicyclic) bond motifs is 2. The number of alkyl halides is 2. The van der Waals surface area contributed by atoms with Crippen molar-refractivity contribution in [1.82, 2.24) is 15.0 Å². The Hall–Kier alpha value is -2.75. The molecule has 3 unspecified atom stereocenters. The minimum atomic E-state index is -2.97. The fourth-order valence-electron chi connectivity index (χ4n) is 4.44. The second-order valence-electron chi connectivity index (χ2n) is 8.15. The van der Waals surface area contributed by atoms with Crippen LogP contribution in [0, 0.1) is 11.8 Å². The van der Waals surface area contributed by atoms with Crippen LogP contribution in [0.2, 0.25) is 0 Å². The third kappa shape index (κ3) is 2.85. The summed E-state index contributed by atoms with van der Waals surface area (Å²) in [6, 6.07) is 3.67. The van der Waals surface area contributed by atoms with Crippen molar-refractivity contribution < 1.29 is 18.3 Å². The molecule has 0 aromatic carbocycles. The average Bonchev–Trinajstić information content (AvgIpc) is 3.30. The van der Waals surface area contributed by atoms with E-state index in [0.717, 1.165) is 37.3 Å². The zero-order valence-electron chi connectivity index (χ0n) is 15.5. The van der Waals surface area contributed by atoms with Crippen molar-refractivity contribution in [2.75, 3.05) is 41.8 Å². The molecular weight excluding hydrogens is 382 g/mol. The maximum absolute atomic E-state index is 12.7. The van der Waals surface area contributed by atoms with Crippen molar-refractivity contribution in [3.63, 3.8) is 0 Å². The third-order valence-electron chi connectivity index (χ3n) is 6.34. The number of pyridine rings is 1. The number of hydrogen-bond acceptors (Lipinski definition) is 8. The maximum atomic E-state index is 12.7. The van der Waals surface area contributed by atoms with E-state index in [1.54, 1.807) is 0 Å². The quantitative estimate of drug-likeness (QED) is 0.809. The van der Waals surface area contributed by atoms with E-state index in [1.165, 1.54) is 18.7 Å². The number of nitrogens with zero attached hydrogens (tertiary/aromatic N) is 5. The molecule has 3 saturated heterocycles. The molecule has 152 valence electrons. The lowest BCUT2D eigenvalue weighted by molar-refractivity contribution is -0.113.